The Hall–Kier alpha value is -3.09. The summed E-state index contributed by atoms with van der Waals surface area (Å²) in [5.74, 6) is 2.31. The highest BCUT2D eigenvalue weighted by atomic mass is 16.5. The van der Waals surface area contributed by atoms with Gasteiger partial charge in [0, 0.05) is 49.6 Å². The summed E-state index contributed by atoms with van der Waals surface area (Å²) >= 11 is 0. The van der Waals surface area contributed by atoms with E-state index in [-0.39, 0.29) is 5.91 Å². The van der Waals surface area contributed by atoms with Gasteiger partial charge in [-0.2, -0.15) is 0 Å². The number of ether oxygens (including phenoxy) is 2. The first-order valence-electron chi connectivity index (χ1n) is 8.83. The molecule has 0 unspecified atom stereocenters. The Balaban J connectivity index is 1.62. The highest BCUT2D eigenvalue weighted by molar-refractivity contribution is 5.92. The minimum absolute atomic E-state index is 0.0154. The number of anilines is 1. The predicted molar refractivity (Wildman–Crippen MR) is 104 cm³/mol. The van der Waals surface area contributed by atoms with Crippen molar-refractivity contribution < 1.29 is 14.3 Å². The van der Waals surface area contributed by atoms with E-state index in [4.69, 9.17) is 9.47 Å². The molecule has 1 aliphatic heterocycles. The van der Waals surface area contributed by atoms with Gasteiger partial charge in [0.15, 0.2) is 0 Å². The average Bonchev–Trinajstić information content (AvgIpc) is 2.71. The number of nitrogens with zero attached hydrogens (tertiary/aromatic N) is 4. The molecule has 0 N–H and O–H groups in total. The fraction of sp³-hybridized carbons (Fsp3) is 0.350. The molecule has 0 saturated carbocycles. The van der Waals surface area contributed by atoms with E-state index in [1.54, 1.807) is 32.7 Å². The average molecular weight is 368 g/mol. The minimum atomic E-state index is -0.0154. The van der Waals surface area contributed by atoms with Crippen LogP contribution in [0.15, 0.2) is 36.7 Å². The van der Waals surface area contributed by atoms with Crippen LogP contribution in [0.1, 0.15) is 11.3 Å². The Morgan fingerprint density at radius 1 is 1.07 bits per heavy atom. The van der Waals surface area contributed by atoms with Crippen molar-refractivity contribution in [1.29, 1.82) is 0 Å². The quantitative estimate of drug-likeness (QED) is 0.754. The molecule has 7 heteroatoms. The van der Waals surface area contributed by atoms with Crippen molar-refractivity contribution in [3.63, 3.8) is 0 Å². The van der Waals surface area contributed by atoms with Gasteiger partial charge >= 0.3 is 0 Å². The molecular weight excluding hydrogens is 344 g/mol. The summed E-state index contributed by atoms with van der Waals surface area (Å²) in [4.78, 5) is 25.0. The Kier molecular flexibility index (Phi) is 5.90. The fourth-order valence-corrected chi connectivity index (χ4v) is 3.01. The van der Waals surface area contributed by atoms with Gasteiger partial charge in [-0.05, 0) is 31.2 Å². The Morgan fingerprint density at radius 3 is 2.52 bits per heavy atom. The number of aromatic nitrogens is 2. The van der Waals surface area contributed by atoms with Crippen LogP contribution in [0.4, 0.5) is 5.82 Å². The second-order valence-electron chi connectivity index (χ2n) is 6.27. The number of methoxy groups -OCH3 is 2. The van der Waals surface area contributed by atoms with Crippen LogP contribution in [0, 0.1) is 6.92 Å². The van der Waals surface area contributed by atoms with E-state index >= 15 is 0 Å². The Bertz CT molecular complexity index is 830. The minimum Gasteiger partial charge on any atom is -0.497 e. The zero-order valence-corrected chi connectivity index (χ0v) is 15.9. The smallest absolute Gasteiger partial charge is 0.246 e. The number of rotatable bonds is 5. The summed E-state index contributed by atoms with van der Waals surface area (Å²) in [6.45, 7) is 4.75. The number of carbonyl (C=O) groups excluding carboxylic acids is 1. The van der Waals surface area contributed by atoms with Gasteiger partial charge in [0.25, 0.3) is 0 Å². The lowest BCUT2D eigenvalue weighted by molar-refractivity contribution is -0.126. The third-order valence-electron chi connectivity index (χ3n) is 4.55. The van der Waals surface area contributed by atoms with Gasteiger partial charge < -0.3 is 19.3 Å². The van der Waals surface area contributed by atoms with Crippen LogP contribution in [0.25, 0.3) is 6.08 Å². The van der Waals surface area contributed by atoms with Gasteiger partial charge in [-0.25, -0.2) is 9.97 Å². The summed E-state index contributed by atoms with van der Waals surface area (Å²) in [6, 6.07) is 7.46. The van der Waals surface area contributed by atoms with Crippen molar-refractivity contribution in [2.45, 2.75) is 6.92 Å². The first-order valence-corrected chi connectivity index (χ1v) is 8.83. The molecular formula is C20H24N4O3. The molecule has 0 radical (unpaired) electrons. The van der Waals surface area contributed by atoms with Gasteiger partial charge in [-0.15, -0.1) is 0 Å². The SMILES string of the molecule is COc1ccc(OC)c(/C=C/C(=O)N2CCN(c3cc(C)ncn3)CC2)c1. The van der Waals surface area contributed by atoms with Crippen LogP contribution in [0.5, 0.6) is 11.5 Å². The molecule has 2 heterocycles. The number of aryl methyl sites for hydroxylation is 1. The molecule has 0 bridgehead atoms. The number of benzene rings is 1. The van der Waals surface area contributed by atoms with E-state index in [0.717, 1.165) is 35.9 Å². The van der Waals surface area contributed by atoms with Crippen molar-refractivity contribution in [2.24, 2.45) is 0 Å². The normalized spacial score (nSPS) is 14.5. The molecule has 7 nitrogen and oxygen atoms in total. The van der Waals surface area contributed by atoms with Crippen molar-refractivity contribution >= 4 is 17.8 Å². The number of carbonyl (C=O) groups is 1. The van der Waals surface area contributed by atoms with E-state index in [9.17, 15) is 4.79 Å². The van der Waals surface area contributed by atoms with Crippen LogP contribution in [0.3, 0.4) is 0 Å². The number of amides is 1. The van der Waals surface area contributed by atoms with Crippen LogP contribution in [0.2, 0.25) is 0 Å². The van der Waals surface area contributed by atoms with E-state index in [1.165, 1.54) is 0 Å². The monoisotopic (exact) mass is 368 g/mol. The van der Waals surface area contributed by atoms with Crippen molar-refractivity contribution in [3.05, 3.63) is 47.9 Å². The third-order valence-corrected chi connectivity index (χ3v) is 4.55. The summed E-state index contributed by atoms with van der Waals surface area (Å²) in [6.07, 6.45) is 4.93. The van der Waals surface area contributed by atoms with Crippen molar-refractivity contribution in [2.75, 3.05) is 45.3 Å². The number of hydrogen-bond donors (Lipinski definition) is 0. The molecule has 0 spiro atoms. The van der Waals surface area contributed by atoms with Crippen LogP contribution in [-0.4, -0.2) is 61.2 Å². The summed E-state index contributed by atoms with van der Waals surface area (Å²) < 4.78 is 10.6. The van der Waals surface area contributed by atoms with Crippen LogP contribution in [-0.2, 0) is 4.79 Å². The molecule has 2 aromatic rings. The van der Waals surface area contributed by atoms with Gasteiger partial charge in [-0.1, -0.05) is 0 Å². The molecule has 0 atom stereocenters. The van der Waals surface area contributed by atoms with E-state index in [0.29, 0.717) is 18.8 Å². The molecule has 1 aliphatic rings. The lowest BCUT2D eigenvalue weighted by atomic mass is 10.1. The maximum Gasteiger partial charge on any atom is 0.246 e. The molecule has 1 aromatic heterocycles. The molecule has 1 fully saturated rings. The zero-order chi connectivity index (χ0) is 19.2. The molecule has 1 amide bonds. The largest absolute Gasteiger partial charge is 0.497 e. The number of piperazine rings is 1. The Morgan fingerprint density at radius 2 is 1.85 bits per heavy atom. The van der Waals surface area contributed by atoms with E-state index in [2.05, 4.69) is 14.9 Å². The fourth-order valence-electron chi connectivity index (χ4n) is 3.01. The highest BCUT2D eigenvalue weighted by Gasteiger charge is 2.20. The first-order chi connectivity index (χ1) is 13.1. The van der Waals surface area contributed by atoms with E-state index < -0.39 is 0 Å². The standard InChI is InChI=1S/C20H24N4O3/c1-15-12-19(22-14-21-15)23-8-10-24(11-9-23)20(25)7-4-16-13-17(26-2)5-6-18(16)27-3/h4-7,12-14H,8-11H2,1-3H3/b7-4+. The van der Waals surface area contributed by atoms with Crippen molar-refractivity contribution in [3.8, 4) is 11.5 Å². The second-order valence-corrected chi connectivity index (χ2v) is 6.27. The molecule has 27 heavy (non-hydrogen) atoms. The molecule has 0 aliphatic carbocycles. The summed E-state index contributed by atoms with van der Waals surface area (Å²) in [5.41, 5.74) is 1.74. The van der Waals surface area contributed by atoms with Crippen molar-refractivity contribution in [1.82, 2.24) is 14.9 Å². The third kappa shape index (κ3) is 4.55. The Labute approximate surface area is 159 Å². The highest BCUT2D eigenvalue weighted by Crippen LogP contribution is 2.25. The van der Waals surface area contributed by atoms with Gasteiger partial charge in [0.2, 0.25) is 5.91 Å². The lowest BCUT2D eigenvalue weighted by Gasteiger charge is -2.34. The summed E-state index contributed by atoms with van der Waals surface area (Å²) in [5, 5.41) is 0. The summed E-state index contributed by atoms with van der Waals surface area (Å²) in [7, 11) is 3.22. The molecule has 1 saturated heterocycles. The predicted octanol–water partition coefficient (Wildman–Crippen LogP) is 2.16. The topological polar surface area (TPSA) is 67.8 Å². The van der Waals surface area contributed by atoms with Gasteiger partial charge in [-0.3, -0.25) is 4.79 Å². The second kappa shape index (κ2) is 8.53. The molecule has 142 valence electrons. The van der Waals surface area contributed by atoms with Gasteiger partial charge in [0.05, 0.1) is 14.2 Å². The lowest BCUT2D eigenvalue weighted by Crippen LogP contribution is -2.48. The first kappa shape index (κ1) is 18.7. The molecule has 1 aromatic carbocycles. The van der Waals surface area contributed by atoms with Gasteiger partial charge in [0.1, 0.15) is 23.6 Å². The maximum atomic E-state index is 12.5. The number of hydrogen-bond acceptors (Lipinski definition) is 6. The molecule has 3 rings (SSSR count). The van der Waals surface area contributed by atoms with Crippen LogP contribution >= 0.6 is 0 Å². The maximum absolute atomic E-state index is 12.5. The zero-order valence-electron chi connectivity index (χ0n) is 15.9. The van der Waals surface area contributed by atoms with Crippen LogP contribution < -0.4 is 14.4 Å². The van der Waals surface area contributed by atoms with E-state index in [1.807, 2.05) is 36.1 Å².